The number of amides is 3. The molecule has 7 nitrogen and oxygen atoms in total. The van der Waals surface area contributed by atoms with E-state index in [1.165, 1.54) is 29.2 Å². The SMILES string of the molecule is CC1CC(Nc2cc(CN3C(=O)N(c4ccc(C5(C(F)(F)F)CC5)cc4)C(=O)C3(C)C)ccn2)CCO1. The van der Waals surface area contributed by atoms with E-state index in [1.807, 2.05) is 13.0 Å². The maximum absolute atomic E-state index is 13.5. The van der Waals surface area contributed by atoms with Gasteiger partial charge < -0.3 is 15.0 Å². The molecule has 5 rings (SSSR count). The van der Waals surface area contributed by atoms with Crippen molar-refractivity contribution in [1.82, 2.24) is 9.88 Å². The minimum atomic E-state index is -4.33. The third kappa shape index (κ3) is 4.56. The van der Waals surface area contributed by atoms with Crippen LogP contribution in [0.25, 0.3) is 0 Å². The normalized spacial score (nSPS) is 24.9. The van der Waals surface area contributed by atoms with Crippen molar-refractivity contribution in [3.05, 3.63) is 53.7 Å². The van der Waals surface area contributed by atoms with E-state index in [0.29, 0.717) is 12.4 Å². The number of nitrogens with zero attached hydrogens (tertiary/aromatic N) is 3. The number of halogens is 3. The van der Waals surface area contributed by atoms with Crippen LogP contribution in [0.1, 0.15) is 57.6 Å². The van der Waals surface area contributed by atoms with Crippen LogP contribution < -0.4 is 10.2 Å². The van der Waals surface area contributed by atoms with Crippen LogP contribution in [-0.4, -0.2) is 52.3 Å². The summed E-state index contributed by atoms with van der Waals surface area (Å²) in [5.41, 5.74) is -1.71. The molecular formula is C27H31F3N4O3. The van der Waals surface area contributed by atoms with Crippen molar-refractivity contribution in [2.24, 2.45) is 0 Å². The number of benzene rings is 1. The molecule has 2 aromatic rings. The van der Waals surface area contributed by atoms with Gasteiger partial charge in [0, 0.05) is 25.4 Å². The third-order valence-electron chi connectivity index (χ3n) is 7.80. The van der Waals surface area contributed by atoms with Gasteiger partial charge in [-0.3, -0.25) is 4.79 Å². The maximum atomic E-state index is 13.5. The number of rotatable bonds is 6. The molecule has 1 aromatic carbocycles. The number of hydrogen-bond donors (Lipinski definition) is 1. The van der Waals surface area contributed by atoms with Crippen LogP contribution in [0.2, 0.25) is 0 Å². The topological polar surface area (TPSA) is 74.8 Å². The fourth-order valence-corrected chi connectivity index (χ4v) is 5.29. The fraction of sp³-hybridized carbons (Fsp3) is 0.519. The van der Waals surface area contributed by atoms with Crippen LogP contribution in [-0.2, 0) is 21.5 Å². The van der Waals surface area contributed by atoms with Crippen LogP contribution in [0.4, 0.5) is 29.5 Å². The van der Waals surface area contributed by atoms with Gasteiger partial charge in [-0.1, -0.05) is 12.1 Å². The maximum Gasteiger partial charge on any atom is 0.398 e. The zero-order valence-corrected chi connectivity index (χ0v) is 21.1. The summed E-state index contributed by atoms with van der Waals surface area (Å²) in [5, 5.41) is 3.43. The van der Waals surface area contributed by atoms with Gasteiger partial charge in [0.1, 0.15) is 11.4 Å². The van der Waals surface area contributed by atoms with Gasteiger partial charge in [0.15, 0.2) is 0 Å². The Hall–Kier alpha value is -3.14. The standard InChI is InChI=1S/C27H31F3N4O3/c1-17-14-20(9-13-37-17)32-22-15-18(8-12-31-22)16-33-24(36)34(23(35)25(33,2)3)21-6-4-19(5-7-21)26(10-11-26)27(28,29)30/h4-8,12,15,17,20H,9-11,13-14,16H2,1-3H3,(H,31,32). The fourth-order valence-electron chi connectivity index (χ4n) is 5.29. The average molecular weight is 517 g/mol. The number of aromatic nitrogens is 1. The lowest BCUT2D eigenvalue weighted by Crippen LogP contribution is -2.43. The van der Waals surface area contributed by atoms with Crippen molar-refractivity contribution in [2.45, 2.75) is 82.3 Å². The number of alkyl halides is 3. The molecule has 3 heterocycles. The van der Waals surface area contributed by atoms with E-state index < -0.39 is 29.1 Å². The molecule has 3 amide bonds. The molecule has 3 aliphatic rings. The Bertz CT molecular complexity index is 1190. The summed E-state index contributed by atoms with van der Waals surface area (Å²) in [6.45, 7) is 6.26. The van der Waals surface area contributed by atoms with Gasteiger partial charge in [-0.05, 0) is 81.8 Å². The molecule has 37 heavy (non-hydrogen) atoms. The zero-order valence-electron chi connectivity index (χ0n) is 21.1. The molecule has 0 bridgehead atoms. The van der Waals surface area contributed by atoms with E-state index >= 15 is 0 Å². The Labute approximate surface area is 214 Å². The molecule has 1 aliphatic carbocycles. The second kappa shape index (κ2) is 9.01. The Balaban J connectivity index is 1.33. The molecule has 0 radical (unpaired) electrons. The number of anilines is 2. The molecule has 198 valence electrons. The van der Waals surface area contributed by atoms with Gasteiger partial charge in [0.05, 0.1) is 17.2 Å². The van der Waals surface area contributed by atoms with Gasteiger partial charge in [0.2, 0.25) is 0 Å². The first kappa shape index (κ1) is 25.5. The largest absolute Gasteiger partial charge is 0.398 e. The molecule has 10 heteroatoms. The van der Waals surface area contributed by atoms with E-state index in [2.05, 4.69) is 10.3 Å². The smallest absolute Gasteiger partial charge is 0.378 e. The molecule has 3 fully saturated rings. The predicted molar refractivity (Wildman–Crippen MR) is 132 cm³/mol. The lowest BCUT2D eigenvalue weighted by atomic mass is 9.95. The van der Waals surface area contributed by atoms with Crippen LogP contribution in [0, 0.1) is 0 Å². The number of pyridine rings is 1. The van der Waals surface area contributed by atoms with Gasteiger partial charge in [-0.15, -0.1) is 0 Å². The number of imide groups is 1. The summed E-state index contributed by atoms with van der Waals surface area (Å²) < 4.78 is 46.1. The molecule has 1 aromatic heterocycles. The zero-order chi connectivity index (χ0) is 26.6. The predicted octanol–water partition coefficient (Wildman–Crippen LogP) is 5.40. The van der Waals surface area contributed by atoms with E-state index in [1.54, 1.807) is 26.1 Å². The first-order valence-electron chi connectivity index (χ1n) is 12.6. The number of carbonyl (C=O) groups excluding carboxylic acids is 2. The summed E-state index contributed by atoms with van der Waals surface area (Å²) in [4.78, 5) is 33.7. The minimum absolute atomic E-state index is 0.0502. The summed E-state index contributed by atoms with van der Waals surface area (Å²) >= 11 is 0. The van der Waals surface area contributed by atoms with E-state index in [4.69, 9.17) is 4.74 Å². The van der Waals surface area contributed by atoms with E-state index in [9.17, 15) is 22.8 Å². The van der Waals surface area contributed by atoms with Gasteiger partial charge in [0.25, 0.3) is 5.91 Å². The van der Waals surface area contributed by atoms with Crippen molar-refractivity contribution in [3.8, 4) is 0 Å². The quantitative estimate of drug-likeness (QED) is 0.521. The number of carbonyl (C=O) groups is 2. The summed E-state index contributed by atoms with van der Waals surface area (Å²) in [7, 11) is 0. The van der Waals surface area contributed by atoms with Crippen molar-refractivity contribution >= 4 is 23.4 Å². The summed E-state index contributed by atoms with van der Waals surface area (Å²) in [6.07, 6.45) is -0.639. The van der Waals surface area contributed by atoms with E-state index in [-0.39, 0.29) is 42.8 Å². The van der Waals surface area contributed by atoms with Gasteiger partial charge >= 0.3 is 12.2 Å². The minimum Gasteiger partial charge on any atom is -0.378 e. The second-order valence-electron chi connectivity index (χ2n) is 10.8. The Morgan fingerprint density at radius 1 is 1.14 bits per heavy atom. The van der Waals surface area contributed by atoms with Crippen molar-refractivity contribution in [3.63, 3.8) is 0 Å². The molecule has 1 saturated carbocycles. The second-order valence-corrected chi connectivity index (χ2v) is 10.8. The molecule has 2 unspecified atom stereocenters. The Morgan fingerprint density at radius 2 is 1.84 bits per heavy atom. The molecule has 0 spiro atoms. The first-order valence-corrected chi connectivity index (χ1v) is 12.6. The number of hydrogen-bond acceptors (Lipinski definition) is 5. The molecule has 2 atom stereocenters. The molecule has 1 N–H and O–H groups in total. The summed E-state index contributed by atoms with van der Waals surface area (Å²) in [5.74, 6) is 0.268. The third-order valence-corrected chi connectivity index (χ3v) is 7.80. The van der Waals surface area contributed by atoms with Crippen LogP contribution in [0.3, 0.4) is 0 Å². The Kier molecular flexibility index (Phi) is 6.21. The Morgan fingerprint density at radius 3 is 2.46 bits per heavy atom. The van der Waals surface area contributed by atoms with Crippen LogP contribution in [0.15, 0.2) is 42.6 Å². The van der Waals surface area contributed by atoms with E-state index in [0.717, 1.165) is 23.3 Å². The lowest BCUT2D eigenvalue weighted by molar-refractivity contribution is -0.160. The number of ether oxygens (including phenoxy) is 1. The molecule has 2 saturated heterocycles. The number of nitrogens with one attached hydrogen (secondary N) is 1. The number of urea groups is 1. The first-order chi connectivity index (χ1) is 17.4. The highest BCUT2D eigenvalue weighted by Gasteiger charge is 2.64. The average Bonchev–Trinajstić information content (AvgIpc) is 3.63. The highest BCUT2D eigenvalue weighted by Crippen LogP contribution is 2.59. The lowest BCUT2D eigenvalue weighted by Gasteiger charge is -2.29. The molecule has 2 aliphatic heterocycles. The van der Waals surface area contributed by atoms with Gasteiger partial charge in [-0.2, -0.15) is 13.2 Å². The van der Waals surface area contributed by atoms with Crippen molar-refractivity contribution < 1.29 is 27.5 Å². The molecular weight excluding hydrogens is 485 g/mol. The highest BCUT2D eigenvalue weighted by atomic mass is 19.4. The van der Waals surface area contributed by atoms with Crippen LogP contribution >= 0.6 is 0 Å². The van der Waals surface area contributed by atoms with Crippen molar-refractivity contribution in [1.29, 1.82) is 0 Å². The van der Waals surface area contributed by atoms with Crippen LogP contribution in [0.5, 0.6) is 0 Å². The summed E-state index contributed by atoms with van der Waals surface area (Å²) in [6, 6.07) is 9.02. The monoisotopic (exact) mass is 516 g/mol. The van der Waals surface area contributed by atoms with Gasteiger partial charge in [-0.25, -0.2) is 14.7 Å². The highest BCUT2D eigenvalue weighted by molar-refractivity contribution is 6.22. The van der Waals surface area contributed by atoms with Crippen molar-refractivity contribution in [2.75, 3.05) is 16.8 Å².